The molecule has 0 aliphatic heterocycles. The molecular formula is C12H20O2Si. The minimum Gasteiger partial charge on any atom is -0.469 e. The van der Waals surface area contributed by atoms with Crippen molar-refractivity contribution in [3.05, 3.63) is 38.0 Å². The number of ether oxygens (including phenoxy) is 1. The van der Waals surface area contributed by atoms with Crippen LogP contribution in [0.15, 0.2) is 38.0 Å². The van der Waals surface area contributed by atoms with Gasteiger partial charge in [0.25, 0.3) is 6.47 Å². The van der Waals surface area contributed by atoms with E-state index in [4.69, 9.17) is 4.74 Å². The molecule has 1 unspecified atom stereocenters. The lowest BCUT2D eigenvalue weighted by molar-refractivity contribution is -0.130. The summed E-state index contributed by atoms with van der Waals surface area (Å²) in [5.41, 5.74) is -0.0241. The summed E-state index contributed by atoms with van der Waals surface area (Å²) in [5.74, 6) is 0. The fourth-order valence-electron chi connectivity index (χ4n) is 1.84. The van der Waals surface area contributed by atoms with Crippen LogP contribution in [0.3, 0.4) is 0 Å². The Hall–Kier alpha value is -1.09. The molecule has 0 amide bonds. The van der Waals surface area contributed by atoms with Crippen LogP contribution in [0.4, 0.5) is 0 Å². The van der Waals surface area contributed by atoms with E-state index in [9.17, 15) is 4.79 Å². The van der Waals surface area contributed by atoms with Gasteiger partial charge < -0.3 is 4.74 Å². The van der Waals surface area contributed by atoms with Crippen molar-refractivity contribution in [3.8, 4) is 0 Å². The average molecular weight is 224 g/mol. The molecule has 84 valence electrons. The van der Waals surface area contributed by atoms with E-state index in [1.165, 1.54) is 0 Å². The Labute approximate surface area is 93.3 Å². The molecular weight excluding hydrogens is 204 g/mol. The van der Waals surface area contributed by atoms with Crippen molar-refractivity contribution in [2.75, 3.05) is 0 Å². The molecule has 3 heteroatoms. The minimum absolute atomic E-state index is 0.0241. The van der Waals surface area contributed by atoms with Gasteiger partial charge >= 0.3 is 0 Å². The highest BCUT2D eigenvalue weighted by molar-refractivity contribution is 6.82. The highest BCUT2D eigenvalue weighted by atomic mass is 28.3. The van der Waals surface area contributed by atoms with Gasteiger partial charge in [0.05, 0.1) is 5.73 Å². The summed E-state index contributed by atoms with van der Waals surface area (Å²) in [7, 11) is -1.73. The van der Waals surface area contributed by atoms with Crippen LogP contribution in [-0.4, -0.2) is 20.3 Å². The van der Waals surface area contributed by atoms with Crippen LogP contribution in [0, 0.1) is 0 Å². The first-order valence-electron chi connectivity index (χ1n) is 5.08. The minimum atomic E-state index is -1.73. The summed E-state index contributed by atoms with van der Waals surface area (Å²) in [5, 5.41) is 0. The van der Waals surface area contributed by atoms with Gasteiger partial charge in [0.15, 0.2) is 0 Å². The molecule has 0 radical (unpaired) electrons. The summed E-state index contributed by atoms with van der Waals surface area (Å²) in [6.45, 7) is 13.8. The maximum absolute atomic E-state index is 10.4. The van der Waals surface area contributed by atoms with Crippen LogP contribution in [0.2, 0.25) is 18.1 Å². The van der Waals surface area contributed by atoms with Crippen LogP contribution in [0.1, 0.15) is 6.92 Å². The third-order valence-corrected chi connectivity index (χ3v) is 7.94. The molecule has 0 saturated carbocycles. The lowest BCUT2D eigenvalue weighted by atomic mass is 10.7. The van der Waals surface area contributed by atoms with E-state index >= 15 is 0 Å². The number of hydrogen-bond donors (Lipinski definition) is 0. The molecule has 1 atom stereocenters. The van der Waals surface area contributed by atoms with E-state index in [1.807, 2.05) is 25.2 Å². The predicted octanol–water partition coefficient (Wildman–Crippen LogP) is 3.09. The van der Waals surface area contributed by atoms with E-state index in [1.54, 1.807) is 0 Å². The Kier molecular flexibility index (Phi) is 6.70. The normalized spacial score (nSPS) is 12.6. The van der Waals surface area contributed by atoms with Gasteiger partial charge in [-0.05, 0) is 25.1 Å². The maximum atomic E-state index is 10.4. The summed E-state index contributed by atoms with van der Waals surface area (Å²) < 4.78 is 5.10. The molecule has 0 saturated heterocycles. The van der Waals surface area contributed by atoms with Crippen molar-refractivity contribution in [1.29, 1.82) is 0 Å². The first-order valence-corrected chi connectivity index (χ1v) is 7.78. The van der Waals surface area contributed by atoms with Crippen LogP contribution in [0.25, 0.3) is 0 Å². The van der Waals surface area contributed by atoms with Gasteiger partial charge in [0, 0.05) is 0 Å². The molecule has 0 spiro atoms. The van der Waals surface area contributed by atoms with E-state index < -0.39 is 8.07 Å². The van der Waals surface area contributed by atoms with E-state index in [-0.39, 0.29) is 5.73 Å². The standard InChI is InChI=1S/C12H20O2Si/c1-5-8-15(9-6-2,10-7-3)12(4)14-11-13/h5-7,11-12H,1-3,8-10H2,4H3. The summed E-state index contributed by atoms with van der Waals surface area (Å²) in [4.78, 5) is 10.4. The zero-order chi connectivity index (χ0) is 11.7. The Balaban J connectivity index is 4.86. The van der Waals surface area contributed by atoms with Crippen LogP contribution in [-0.2, 0) is 9.53 Å². The quantitative estimate of drug-likeness (QED) is 0.342. The van der Waals surface area contributed by atoms with Gasteiger partial charge in [0.1, 0.15) is 8.07 Å². The largest absolute Gasteiger partial charge is 0.469 e. The first-order chi connectivity index (χ1) is 7.16. The molecule has 0 rings (SSSR count). The maximum Gasteiger partial charge on any atom is 0.293 e. The van der Waals surface area contributed by atoms with Crippen molar-refractivity contribution in [2.24, 2.45) is 0 Å². The molecule has 2 nitrogen and oxygen atoms in total. The molecule has 15 heavy (non-hydrogen) atoms. The van der Waals surface area contributed by atoms with Crippen LogP contribution in [0.5, 0.6) is 0 Å². The SMILES string of the molecule is C=CC[Si](CC=C)(CC=C)C(C)OC=O. The van der Waals surface area contributed by atoms with Crippen molar-refractivity contribution in [3.63, 3.8) is 0 Å². The smallest absolute Gasteiger partial charge is 0.293 e. The second-order valence-electron chi connectivity index (χ2n) is 3.72. The second-order valence-corrected chi connectivity index (χ2v) is 8.48. The lowest BCUT2D eigenvalue weighted by Gasteiger charge is -2.33. The third kappa shape index (κ3) is 3.87. The Morgan fingerprint density at radius 3 is 1.80 bits per heavy atom. The van der Waals surface area contributed by atoms with Gasteiger partial charge in [-0.25, -0.2) is 0 Å². The molecule has 0 fully saturated rings. The molecule has 0 aliphatic rings. The summed E-state index contributed by atoms with van der Waals surface area (Å²) in [6.07, 6.45) is 5.72. The van der Waals surface area contributed by atoms with Crippen molar-refractivity contribution in [1.82, 2.24) is 0 Å². The summed E-state index contributed by atoms with van der Waals surface area (Å²) in [6, 6.07) is 2.75. The van der Waals surface area contributed by atoms with Crippen molar-refractivity contribution >= 4 is 14.5 Å². The van der Waals surface area contributed by atoms with Gasteiger partial charge in [-0.2, -0.15) is 0 Å². The van der Waals surface area contributed by atoms with Crippen LogP contribution >= 0.6 is 0 Å². The molecule has 0 N–H and O–H groups in total. The number of allylic oxidation sites excluding steroid dienone is 3. The molecule has 0 heterocycles. The fraction of sp³-hybridized carbons (Fsp3) is 0.417. The molecule has 0 aliphatic carbocycles. The molecule has 0 aromatic carbocycles. The molecule has 0 aromatic heterocycles. The highest BCUT2D eigenvalue weighted by Gasteiger charge is 2.36. The number of hydrogen-bond acceptors (Lipinski definition) is 2. The van der Waals surface area contributed by atoms with Gasteiger partial charge in [-0.3, -0.25) is 4.79 Å². The molecule has 0 bridgehead atoms. The van der Waals surface area contributed by atoms with Gasteiger partial charge in [-0.15, -0.1) is 19.7 Å². The fourth-order valence-corrected chi connectivity index (χ4v) is 5.40. The van der Waals surface area contributed by atoms with E-state index in [2.05, 4.69) is 19.7 Å². The predicted molar refractivity (Wildman–Crippen MR) is 67.4 cm³/mol. The van der Waals surface area contributed by atoms with Crippen molar-refractivity contribution < 1.29 is 9.53 Å². The molecule has 0 aromatic rings. The number of rotatable bonds is 9. The Morgan fingerprint density at radius 2 is 1.53 bits per heavy atom. The topological polar surface area (TPSA) is 26.3 Å². The van der Waals surface area contributed by atoms with E-state index in [0.29, 0.717) is 6.47 Å². The summed E-state index contributed by atoms with van der Waals surface area (Å²) >= 11 is 0. The monoisotopic (exact) mass is 224 g/mol. The zero-order valence-electron chi connectivity index (χ0n) is 9.45. The van der Waals surface area contributed by atoms with Crippen LogP contribution < -0.4 is 0 Å². The second kappa shape index (κ2) is 7.23. The average Bonchev–Trinajstić information content (AvgIpc) is 2.19. The highest BCUT2D eigenvalue weighted by Crippen LogP contribution is 2.28. The zero-order valence-corrected chi connectivity index (χ0v) is 10.4. The third-order valence-electron chi connectivity index (χ3n) is 2.77. The van der Waals surface area contributed by atoms with Gasteiger partial charge in [0.2, 0.25) is 0 Å². The van der Waals surface area contributed by atoms with Crippen molar-refractivity contribution in [2.45, 2.75) is 30.8 Å². The first kappa shape index (κ1) is 13.9. The number of carbonyl (C=O) groups excluding carboxylic acids is 1. The van der Waals surface area contributed by atoms with E-state index in [0.717, 1.165) is 18.1 Å². The Bertz CT molecular complexity index is 209. The number of carbonyl (C=O) groups is 1. The Morgan fingerprint density at radius 1 is 1.13 bits per heavy atom. The van der Waals surface area contributed by atoms with Gasteiger partial charge in [-0.1, -0.05) is 18.2 Å². The lowest BCUT2D eigenvalue weighted by Crippen LogP contribution is -2.46.